The summed E-state index contributed by atoms with van der Waals surface area (Å²) in [5, 5.41) is 39.6. The number of para-hydroxylation sites is 1. The summed E-state index contributed by atoms with van der Waals surface area (Å²) in [6.45, 7) is 0. The minimum absolute atomic E-state index is 0.278. The Balaban J connectivity index is 3.57. The quantitative estimate of drug-likeness (QED) is 0.320. The first-order chi connectivity index (χ1) is 12.0. The predicted octanol–water partition coefficient (Wildman–Crippen LogP) is 0.434. The molecule has 0 unspecified atom stereocenters. The van der Waals surface area contributed by atoms with Gasteiger partial charge in [0.15, 0.2) is 0 Å². The summed E-state index contributed by atoms with van der Waals surface area (Å²) >= 11 is 0. The molecule has 1 aromatic rings. The van der Waals surface area contributed by atoms with Crippen LogP contribution in [0, 0.1) is 0 Å². The molecule has 0 saturated carbocycles. The number of carbonyl (C=O) groups is 4. The number of aliphatic carboxylic acids is 4. The Morgan fingerprint density at radius 3 is 1.50 bits per heavy atom. The number of anilines is 1. The van der Waals surface area contributed by atoms with E-state index in [0.717, 1.165) is 0 Å². The zero-order chi connectivity index (χ0) is 20.0. The van der Waals surface area contributed by atoms with Crippen molar-refractivity contribution in [1.29, 1.82) is 0 Å². The van der Waals surface area contributed by atoms with E-state index in [1.165, 1.54) is 12.1 Å². The second kappa shape index (κ2) is 8.30. The molecular formula is C16H20N2O8. The van der Waals surface area contributed by atoms with E-state index in [1.807, 2.05) is 0 Å². The van der Waals surface area contributed by atoms with Crippen LogP contribution in [-0.4, -0.2) is 55.4 Å². The van der Waals surface area contributed by atoms with E-state index < -0.39 is 60.6 Å². The summed E-state index contributed by atoms with van der Waals surface area (Å²) in [6.07, 6.45) is -3.68. The average molecular weight is 368 g/mol. The Morgan fingerprint density at radius 2 is 1.15 bits per heavy atom. The molecule has 0 radical (unpaired) electrons. The molecule has 0 spiro atoms. The Kier molecular flexibility index (Phi) is 6.67. The van der Waals surface area contributed by atoms with Crippen molar-refractivity contribution in [3.63, 3.8) is 0 Å². The smallest absolute Gasteiger partial charge is 0.305 e. The fourth-order valence-electron chi connectivity index (χ4n) is 2.88. The van der Waals surface area contributed by atoms with E-state index in [0.29, 0.717) is 0 Å². The fraction of sp³-hybridized carbons (Fsp3) is 0.375. The lowest BCUT2D eigenvalue weighted by Gasteiger charge is -2.47. The van der Waals surface area contributed by atoms with Gasteiger partial charge in [0.1, 0.15) is 0 Å². The average Bonchev–Trinajstić information content (AvgIpc) is 2.44. The summed E-state index contributed by atoms with van der Waals surface area (Å²) in [6, 6.07) is 7.83. The molecule has 7 N–H and O–H groups in total. The SMILES string of the molecule is NC(CC(=O)O)(CC(=O)O)C(CC(=O)O)(CC(=O)O)Nc1ccccc1. The van der Waals surface area contributed by atoms with Gasteiger partial charge in [-0.15, -0.1) is 0 Å². The lowest BCUT2D eigenvalue weighted by Crippen LogP contribution is -2.67. The topological polar surface area (TPSA) is 187 Å². The van der Waals surface area contributed by atoms with Gasteiger partial charge in [0.25, 0.3) is 0 Å². The molecule has 0 aliphatic rings. The maximum atomic E-state index is 11.4. The zero-order valence-corrected chi connectivity index (χ0v) is 13.7. The molecule has 0 saturated heterocycles. The van der Waals surface area contributed by atoms with Crippen LogP contribution in [0.1, 0.15) is 25.7 Å². The predicted molar refractivity (Wildman–Crippen MR) is 88.7 cm³/mol. The molecule has 0 bridgehead atoms. The van der Waals surface area contributed by atoms with Crippen molar-refractivity contribution in [1.82, 2.24) is 0 Å². The number of hydrogen-bond donors (Lipinski definition) is 6. The van der Waals surface area contributed by atoms with Crippen molar-refractivity contribution in [2.24, 2.45) is 5.73 Å². The third-order valence-corrected chi connectivity index (χ3v) is 3.95. The highest BCUT2D eigenvalue weighted by molar-refractivity contribution is 5.79. The molecule has 0 atom stereocenters. The summed E-state index contributed by atoms with van der Waals surface area (Å²) in [4.78, 5) is 45.4. The molecule has 26 heavy (non-hydrogen) atoms. The van der Waals surface area contributed by atoms with Crippen molar-refractivity contribution < 1.29 is 39.6 Å². The second-order valence-corrected chi connectivity index (χ2v) is 6.01. The molecule has 0 fully saturated rings. The Bertz CT molecular complexity index is 657. The van der Waals surface area contributed by atoms with Crippen molar-refractivity contribution >= 4 is 29.6 Å². The van der Waals surface area contributed by atoms with E-state index in [1.54, 1.807) is 18.2 Å². The van der Waals surface area contributed by atoms with Gasteiger partial charge in [-0.3, -0.25) is 19.2 Å². The minimum Gasteiger partial charge on any atom is -0.481 e. The van der Waals surface area contributed by atoms with Crippen LogP contribution >= 0.6 is 0 Å². The highest BCUT2D eigenvalue weighted by Crippen LogP contribution is 2.37. The number of nitrogens with two attached hydrogens (primary N) is 1. The minimum atomic E-state index is -2.20. The molecule has 1 rings (SSSR count). The molecule has 1 aromatic carbocycles. The van der Waals surface area contributed by atoms with Crippen LogP contribution in [0.25, 0.3) is 0 Å². The number of hydrogen-bond acceptors (Lipinski definition) is 6. The summed E-state index contributed by atoms with van der Waals surface area (Å²) in [5.41, 5.74) is 2.09. The van der Waals surface area contributed by atoms with Gasteiger partial charge in [0, 0.05) is 5.69 Å². The van der Waals surface area contributed by atoms with Gasteiger partial charge in [-0.1, -0.05) is 18.2 Å². The van der Waals surface area contributed by atoms with Gasteiger partial charge in [-0.25, -0.2) is 0 Å². The van der Waals surface area contributed by atoms with Gasteiger partial charge in [-0.2, -0.15) is 0 Å². The second-order valence-electron chi connectivity index (χ2n) is 6.01. The van der Waals surface area contributed by atoms with Crippen molar-refractivity contribution in [3.8, 4) is 0 Å². The van der Waals surface area contributed by atoms with Gasteiger partial charge in [0.2, 0.25) is 0 Å². The molecule has 10 nitrogen and oxygen atoms in total. The maximum absolute atomic E-state index is 11.4. The van der Waals surface area contributed by atoms with E-state index in [9.17, 15) is 29.4 Å². The first kappa shape index (κ1) is 20.9. The first-order valence-corrected chi connectivity index (χ1v) is 7.49. The number of carboxylic acid groups (broad SMARTS) is 4. The first-order valence-electron chi connectivity index (χ1n) is 7.49. The third-order valence-electron chi connectivity index (χ3n) is 3.95. The Labute approximate surface area is 148 Å². The van der Waals surface area contributed by atoms with Crippen molar-refractivity contribution in [3.05, 3.63) is 30.3 Å². The van der Waals surface area contributed by atoms with Gasteiger partial charge < -0.3 is 31.5 Å². The van der Waals surface area contributed by atoms with Crippen LogP contribution in [0.5, 0.6) is 0 Å². The summed E-state index contributed by atoms with van der Waals surface area (Å²) in [7, 11) is 0. The molecule has 0 amide bonds. The van der Waals surface area contributed by atoms with Gasteiger partial charge >= 0.3 is 23.9 Å². The number of rotatable bonds is 11. The van der Waals surface area contributed by atoms with Crippen LogP contribution < -0.4 is 11.1 Å². The molecule has 142 valence electrons. The molecule has 0 aromatic heterocycles. The van der Waals surface area contributed by atoms with E-state index >= 15 is 0 Å². The van der Waals surface area contributed by atoms with E-state index in [-0.39, 0.29) is 5.69 Å². The molecule has 0 heterocycles. The van der Waals surface area contributed by atoms with Crippen LogP contribution in [0.2, 0.25) is 0 Å². The highest BCUT2D eigenvalue weighted by Gasteiger charge is 2.54. The standard InChI is InChI=1S/C16H20N2O8/c17-15(6-11(19)20,7-12(21)22)16(8-13(23)24,9-14(25)26)18-10-4-2-1-3-5-10/h1-5,18H,6-9,17H2,(H,19,20)(H,21,22)(H,23,24)(H,25,26). The fourth-order valence-corrected chi connectivity index (χ4v) is 2.88. The van der Waals surface area contributed by atoms with E-state index in [4.69, 9.17) is 15.9 Å². The van der Waals surface area contributed by atoms with Crippen molar-refractivity contribution in [2.75, 3.05) is 5.32 Å². The Hall–Kier alpha value is -3.14. The normalized spacial score (nSPS) is 11.6. The maximum Gasteiger partial charge on any atom is 0.305 e. The zero-order valence-electron chi connectivity index (χ0n) is 13.7. The van der Waals surface area contributed by atoms with Gasteiger partial charge in [0.05, 0.1) is 36.8 Å². The largest absolute Gasteiger partial charge is 0.481 e. The summed E-state index contributed by atoms with van der Waals surface area (Å²) < 4.78 is 0. The van der Waals surface area contributed by atoms with Crippen LogP contribution in [0.15, 0.2) is 30.3 Å². The third kappa shape index (κ3) is 5.45. The lowest BCUT2D eigenvalue weighted by molar-refractivity contribution is -0.149. The number of nitrogens with one attached hydrogen (secondary N) is 1. The van der Waals surface area contributed by atoms with Crippen LogP contribution in [-0.2, 0) is 19.2 Å². The number of carboxylic acids is 4. The molecule has 0 aliphatic heterocycles. The Morgan fingerprint density at radius 1 is 0.769 bits per heavy atom. The summed E-state index contributed by atoms with van der Waals surface area (Å²) in [5.74, 6) is -5.88. The van der Waals surface area contributed by atoms with Crippen LogP contribution in [0.3, 0.4) is 0 Å². The number of benzene rings is 1. The van der Waals surface area contributed by atoms with Crippen molar-refractivity contribution in [2.45, 2.75) is 36.8 Å². The molecule has 0 aliphatic carbocycles. The molecule has 10 heteroatoms. The lowest BCUT2D eigenvalue weighted by atomic mass is 9.68. The highest BCUT2D eigenvalue weighted by atomic mass is 16.4. The monoisotopic (exact) mass is 368 g/mol. The van der Waals surface area contributed by atoms with E-state index in [2.05, 4.69) is 5.32 Å². The van der Waals surface area contributed by atoms with Crippen LogP contribution in [0.4, 0.5) is 5.69 Å². The van der Waals surface area contributed by atoms with Gasteiger partial charge in [-0.05, 0) is 12.1 Å². The molecular weight excluding hydrogens is 348 g/mol.